The molecule has 0 aromatic heterocycles. The number of hydrogen-bond donors (Lipinski definition) is 1. The molecule has 1 aromatic carbocycles. The van der Waals surface area contributed by atoms with Gasteiger partial charge in [-0.2, -0.15) is 30.7 Å². The Kier molecular flexibility index (Phi) is 4.92. The molecule has 0 aliphatic heterocycles. The van der Waals surface area contributed by atoms with Crippen molar-refractivity contribution < 1.29 is 45.1 Å². The summed E-state index contributed by atoms with van der Waals surface area (Å²) in [6, 6.07) is 4.19. The predicted molar refractivity (Wildman–Crippen MR) is 62.4 cm³/mol. The van der Waals surface area contributed by atoms with Crippen LogP contribution in [0.1, 0.15) is 10.4 Å². The fraction of sp³-hybridized carbons (Fsp3) is 0.333. The number of amides is 1. The number of nitrogens with one attached hydrogen (secondary N) is 1. The van der Waals surface area contributed by atoms with Gasteiger partial charge >= 0.3 is 29.9 Å². The monoisotopic (exact) mass is 347 g/mol. The molecule has 1 aromatic rings. The minimum Gasteiger partial charge on any atom is -0.465 e. The Morgan fingerprint density at radius 3 is 2.00 bits per heavy atom. The van der Waals surface area contributed by atoms with Crippen LogP contribution in [0.25, 0.3) is 0 Å². The number of esters is 1. The lowest BCUT2D eigenvalue weighted by Crippen LogP contribution is -2.57. The highest BCUT2D eigenvalue weighted by atomic mass is 19.4. The first-order valence-corrected chi connectivity index (χ1v) is 5.67. The van der Waals surface area contributed by atoms with E-state index >= 15 is 0 Å². The van der Waals surface area contributed by atoms with E-state index in [0.29, 0.717) is 0 Å². The number of benzene rings is 1. The Morgan fingerprint density at radius 1 is 1.00 bits per heavy atom. The van der Waals surface area contributed by atoms with Crippen molar-refractivity contribution in [1.29, 1.82) is 0 Å². The van der Waals surface area contributed by atoms with E-state index in [9.17, 15) is 40.3 Å². The zero-order valence-electron chi connectivity index (χ0n) is 11.2. The van der Waals surface area contributed by atoms with Gasteiger partial charge in [-0.1, -0.05) is 12.1 Å². The van der Waals surface area contributed by atoms with Crippen molar-refractivity contribution in [1.82, 2.24) is 0 Å². The molecule has 0 saturated carbocycles. The first kappa shape index (κ1) is 18.7. The van der Waals surface area contributed by atoms with Crippen LogP contribution < -0.4 is 5.32 Å². The first-order chi connectivity index (χ1) is 10.4. The summed E-state index contributed by atoms with van der Waals surface area (Å²) in [6.45, 7) is 0. The highest BCUT2D eigenvalue weighted by Crippen LogP contribution is 2.46. The number of para-hydroxylation sites is 1. The Balaban J connectivity index is 3.16. The van der Waals surface area contributed by atoms with Gasteiger partial charge in [-0.15, -0.1) is 0 Å². The summed E-state index contributed by atoms with van der Waals surface area (Å²) in [5.74, 6) is -16.7. The average molecular weight is 347 g/mol. The summed E-state index contributed by atoms with van der Waals surface area (Å²) in [5, 5.41) is 1.17. The van der Waals surface area contributed by atoms with E-state index in [4.69, 9.17) is 0 Å². The standard InChI is InChI=1S/C12H8F7NO3/c1-23-8(21)6-4-2-3-5-7(6)20-9(22)10(13,14)11(15,16)12(17,18)19/h2-5H,1H3,(H,20,22). The lowest BCUT2D eigenvalue weighted by Gasteiger charge is -2.27. The normalized spacial score (nSPS) is 12.7. The van der Waals surface area contributed by atoms with Crippen molar-refractivity contribution in [2.24, 2.45) is 0 Å². The minimum absolute atomic E-state index is 0.505. The predicted octanol–water partition coefficient (Wildman–Crippen LogP) is 3.24. The van der Waals surface area contributed by atoms with E-state index in [2.05, 4.69) is 4.74 Å². The molecule has 1 amide bonds. The number of rotatable bonds is 4. The Morgan fingerprint density at radius 2 is 1.52 bits per heavy atom. The quantitative estimate of drug-likeness (QED) is 0.672. The van der Waals surface area contributed by atoms with E-state index in [1.54, 1.807) is 0 Å². The van der Waals surface area contributed by atoms with E-state index in [1.807, 2.05) is 0 Å². The van der Waals surface area contributed by atoms with Crippen LogP contribution in [0.15, 0.2) is 24.3 Å². The van der Waals surface area contributed by atoms with Crippen molar-refractivity contribution in [3.63, 3.8) is 0 Å². The molecule has 0 heterocycles. The van der Waals surface area contributed by atoms with Crippen LogP contribution in [0.3, 0.4) is 0 Å². The van der Waals surface area contributed by atoms with E-state index in [-0.39, 0.29) is 0 Å². The van der Waals surface area contributed by atoms with Gasteiger partial charge in [-0.3, -0.25) is 4.79 Å². The molecule has 0 aliphatic rings. The first-order valence-electron chi connectivity index (χ1n) is 5.67. The summed E-state index contributed by atoms with van der Waals surface area (Å²) in [6.07, 6.45) is -6.64. The Labute approximate surface area is 124 Å². The zero-order chi connectivity index (χ0) is 18.1. The zero-order valence-corrected chi connectivity index (χ0v) is 11.2. The highest BCUT2D eigenvalue weighted by molar-refractivity contribution is 6.03. The molecule has 11 heteroatoms. The van der Waals surface area contributed by atoms with Crippen LogP contribution in [-0.2, 0) is 9.53 Å². The van der Waals surface area contributed by atoms with Gasteiger partial charge in [0.05, 0.1) is 18.4 Å². The molecule has 0 fully saturated rings. The number of anilines is 1. The van der Waals surface area contributed by atoms with Crippen molar-refractivity contribution in [2.75, 3.05) is 12.4 Å². The fourth-order valence-electron chi connectivity index (χ4n) is 1.40. The van der Waals surface area contributed by atoms with Crippen LogP contribution in [0.5, 0.6) is 0 Å². The fourth-order valence-corrected chi connectivity index (χ4v) is 1.40. The summed E-state index contributed by atoms with van der Waals surface area (Å²) < 4.78 is 92.2. The summed E-state index contributed by atoms with van der Waals surface area (Å²) >= 11 is 0. The summed E-state index contributed by atoms with van der Waals surface area (Å²) in [4.78, 5) is 22.5. The average Bonchev–Trinajstić information content (AvgIpc) is 2.45. The molecule has 1 N–H and O–H groups in total. The SMILES string of the molecule is COC(=O)c1ccccc1NC(=O)C(F)(F)C(F)(F)C(F)(F)F. The molecule has 0 aliphatic carbocycles. The van der Waals surface area contributed by atoms with Gasteiger partial charge in [0, 0.05) is 0 Å². The number of hydrogen-bond acceptors (Lipinski definition) is 3. The maximum Gasteiger partial charge on any atom is 0.460 e. The second kappa shape index (κ2) is 6.05. The van der Waals surface area contributed by atoms with Crippen molar-refractivity contribution in [2.45, 2.75) is 18.0 Å². The topological polar surface area (TPSA) is 55.4 Å². The van der Waals surface area contributed by atoms with E-state index in [0.717, 1.165) is 25.3 Å². The number of methoxy groups -OCH3 is 1. The third kappa shape index (κ3) is 3.37. The molecule has 0 bridgehead atoms. The summed E-state index contributed by atoms with van der Waals surface area (Å²) in [5.41, 5.74) is -1.21. The minimum atomic E-state index is -6.64. The molecule has 4 nitrogen and oxygen atoms in total. The molecule has 0 spiro atoms. The van der Waals surface area contributed by atoms with E-state index in [1.165, 1.54) is 11.4 Å². The van der Waals surface area contributed by atoms with Crippen molar-refractivity contribution >= 4 is 17.6 Å². The molecule has 0 radical (unpaired) electrons. The molecule has 1 rings (SSSR count). The van der Waals surface area contributed by atoms with Crippen LogP contribution in [-0.4, -0.2) is 37.0 Å². The number of carbonyl (C=O) groups is 2. The van der Waals surface area contributed by atoms with Gasteiger partial charge in [-0.05, 0) is 12.1 Å². The number of halogens is 7. The highest BCUT2D eigenvalue weighted by Gasteiger charge is 2.76. The van der Waals surface area contributed by atoms with Crippen LogP contribution in [0, 0.1) is 0 Å². The second-order valence-corrected chi connectivity index (χ2v) is 4.14. The Bertz CT molecular complexity index is 613. The largest absolute Gasteiger partial charge is 0.465 e. The third-order valence-corrected chi connectivity index (χ3v) is 2.62. The van der Waals surface area contributed by atoms with Gasteiger partial charge in [0.2, 0.25) is 0 Å². The molecule has 23 heavy (non-hydrogen) atoms. The molecule has 0 saturated heterocycles. The van der Waals surface area contributed by atoms with Crippen LogP contribution in [0.4, 0.5) is 36.4 Å². The van der Waals surface area contributed by atoms with Gasteiger partial charge in [0.25, 0.3) is 0 Å². The molecular weight excluding hydrogens is 339 g/mol. The lowest BCUT2D eigenvalue weighted by atomic mass is 10.1. The van der Waals surface area contributed by atoms with Gasteiger partial charge in [0.15, 0.2) is 0 Å². The number of alkyl halides is 7. The smallest absolute Gasteiger partial charge is 0.460 e. The van der Waals surface area contributed by atoms with Gasteiger partial charge in [0.1, 0.15) is 0 Å². The molecule has 0 atom stereocenters. The molecule has 0 unspecified atom stereocenters. The summed E-state index contributed by atoms with van der Waals surface area (Å²) in [7, 11) is 0.910. The maximum atomic E-state index is 13.2. The number of carbonyl (C=O) groups excluding carboxylic acids is 2. The molecular formula is C12H8F7NO3. The van der Waals surface area contributed by atoms with Gasteiger partial charge < -0.3 is 10.1 Å². The second-order valence-electron chi connectivity index (χ2n) is 4.14. The van der Waals surface area contributed by atoms with E-state index < -0.39 is 41.1 Å². The maximum absolute atomic E-state index is 13.2. The van der Waals surface area contributed by atoms with Gasteiger partial charge in [-0.25, -0.2) is 4.79 Å². The van der Waals surface area contributed by atoms with Crippen molar-refractivity contribution in [3.8, 4) is 0 Å². The van der Waals surface area contributed by atoms with Crippen molar-refractivity contribution in [3.05, 3.63) is 29.8 Å². The molecule has 128 valence electrons. The van der Waals surface area contributed by atoms with Crippen LogP contribution in [0.2, 0.25) is 0 Å². The number of ether oxygens (including phenoxy) is 1. The lowest BCUT2D eigenvalue weighted by molar-refractivity contribution is -0.343. The van der Waals surface area contributed by atoms with Crippen LogP contribution >= 0.6 is 0 Å². The Hall–Kier alpha value is -2.33. The third-order valence-electron chi connectivity index (χ3n) is 2.62.